The number of nitro benzene ring substituents is 1. The molecule has 1 aromatic rings. The van der Waals surface area contributed by atoms with Crippen molar-refractivity contribution in [3.05, 3.63) is 34.4 Å². The molecule has 1 heterocycles. The zero-order chi connectivity index (χ0) is 14.2. The fraction of sp³-hybridized carbons (Fsp3) is 0.273. The maximum atomic E-state index is 11.9. The number of benzene rings is 1. The van der Waals surface area contributed by atoms with Gasteiger partial charge in [0.2, 0.25) is 5.91 Å². The minimum absolute atomic E-state index is 0.122. The highest BCUT2D eigenvalue weighted by Crippen LogP contribution is 2.26. The van der Waals surface area contributed by atoms with E-state index in [1.807, 2.05) is 0 Å². The normalized spacial score (nSPS) is 19.3. The Bertz CT molecular complexity index is 540. The van der Waals surface area contributed by atoms with Gasteiger partial charge in [-0.05, 0) is 12.1 Å². The van der Waals surface area contributed by atoms with Gasteiger partial charge in [-0.15, -0.1) is 0 Å². The smallest absolute Gasteiger partial charge is 0.269 e. The van der Waals surface area contributed by atoms with Gasteiger partial charge in [-0.25, -0.2) is 4.90 Å². The van der Waals surface area contributed by atoms with Crippen molar-refractivity contribution in [2.45, 2.75) is 12.5 Å². The lowest BCUT2D eigenvalue weighted by Crippen LogP contribution is -2.38. The fourth-order valence-corrected chi connectivity index (χ4v) is 1.90. The van der Waals surface area contributed by atoms with Crippen LogP contribution in [-0.2, 0) is 9.59 Å². The van der Waals surface area contributed by atoms with Crippen molar-refractivity contribution >= 4 is 23.2 Å². The summed E-state index contributed by atoms with van der Waals surface area (Å²) in [5.41, 5.74) is 0.128. The summed E-state index contributed by atoms with van der Waals surface area (Å²) in [6, 6.07) is 4.17. The van der Waals surface area contributed by atoms with Crippen LogP contribution in [0.15, 0.2) is 24.3 Å². The number of likely N-dealkylation sites (N-methyl/N-ethyl adjacent to an activating group) is 1. The van der Waals surface area contributed by atoms with E-state index in [0.717, 1.165) is 4.90 Å². The Morgan fingerprint density at radius 2 is 1.95 bits per heavy atom. The average Bonchev–Trinajstić information content (AvgIpc) is 2.65. The molecule has 19 heavy (non-hydrogen) atoms. The van der Waals surface area contributed by atoms with E-state index < -0.39 is 22.8 Å². The van der Waals surface area contributed by atoms with E-state index in [2.05, 4.69) is 0 Å². The summed E-state index contributed by atoms with van der Waals surface area (Å²) >= 11 is 0. The Kier molecular flexibility index (Phi) is 3.28. The van der Waals surface area contributed by atoms with Crippen LogP contribution in [0, 0.1) is 10.1 Å². The quantitative estimate of drug-likeness (QED) is 0.486. The van der Waals surface area contributed by atoms with Crippen LogP contribution >= 0.6 is 0 Å². The number of anilines is 1. The first-order chi connectivity index (χ1) is 8.91. The van der Waals surface area contributed by atoms with E-state index in [-0.39, 0.29) is 17.8 Å². The summed E-state index contributed by atoms with van der Waals surface area (Å²) in [5.74, 6) is -1.01. The largest absolute Gasteiger partial charge is 0.313 e. The fourth-order valence-electron chi connectivity index (χ4n) is 1.90. The van der Waals surface area contributed by atoms with E-state index in [1.54, 1.807) is 0 Å². The molecule has 0 radical (unpaired) electrons. The molecule has 1 unspecified atom stereocenters. The lowest BCUT2D eigenvalue weighted by molar-refractivity contribution is -0.384. The van der Waals surface area contributed by atoms with Crippen molar-refractivity contribution in [3.8, 4) is 0 Å². The summed E-state index contributed by atoms with van der Waals surface area (Å²) in [7, 11) is 1.29. The van der Waals surface area contributed by atoms with Crippen LogP contribution in [0.5, 0.6) is 0 Å². The number of non-ortho nitro benzene ring substituents is 1. The van der Waals surface area contributed by atoms with E-state index in [0.29, 0.717) is 5.06 Å². The Hall–Kier alpha value is -2.32. The van der Waals surface area contributed by atoms with Crippen LogP contribution in [0.3, 0.4) is 0 Å². The summed E-state index contributed by atoms with van der Waals surface area (Å²) in [5, 5.41) is 20.5. The molecule has 8 nitrogen and oxygen atoms in total. The lowest BCUT2D eigenvalue weighted by Gasteiger charge is -2.17. The molecule has 1 saturated heterocycles. The van der Waals surface area contributed by atoms with Crippen molar-refractivity contribution in [2.24, 2.45) is 0 Å². The van der Waals surface area contributed by atoms with Gasteiger partial charge in [0.15, 0.2) is 0 Å². The second-order valence-corrected chi connectivity index (χ2v) is 4.13. The van der Waals surface area contributed by atoms with Gasteiger partial charge in [0, 0.05) is 19.2 Å². The van der Waals surface area contributed by atoms with Crippen LogP contribution in [0.25, 0.3) is 0 Å². The third kappa shape index (κ3) is 2.30. The van der Waals surface area contributed by atoms with E-state index in [1.165, 1.54) is 31.3 Å². The van der Waals surface area contributed by atoms with E-state index in [4.69, 9.17) is 0 Å². The molecule has 0 spiro atoms. The number of imide groups is 1. The molecule has 2 amide bonds. The number of hydroxylamine groups is 2. The molecule has 2 rings (SSSR count). The summed E-state index contributed by atoms with van der Waals surface area (Å²) < 4.78 is 0. The minimum Gasteiger partial charge on any atom is -0.313 e. The third-order valence-electron chi connectivity index (χ3n) is 2.89. The highest BCUT2D eigenvalue weighted by Gasteiger charge is 2.41. The first-order valence-corrected chi connectivity index (χ1v) is 5.45. The molecule has 0 bridgehead atoms. The van der Waals surface area contributed by atoms with Gasteiger partial charge in [0.05, 0.1) is 17.0 Å². The van der Waals surface area contributed by atoms with Gasteiger partial charge in [-0.3, -0.25) is 19.7 Å². The molecular formula is C11H11N3O5. The summed E-state index contributed by atoms with van der Waals surface area (Å²) in [6.07, 6.45) is -0.122. The number of hydrogen-bond donors (Lipinski definition) is 1. The van der Waals surface area contributed by atoms with Crippen molar-refractivity contribution in [1.29, 1.82) is 0 Å². The SMILES string of the molecule is CN(O)C1CC(=O)N(c2ccc([N+](=O)[O-])cc2)C1=O. The number of carbonyl (C=O) groups excluding carboxylic acids is 2. The molecule has 0 saturated carbocycles. The molecule has 0 aromatic heterocycles. The molecule has 1 N–H and O–H groups in total. The Morgan fingerprint density at radius 1 is 1.37 bits per heavy atom. The maximum Gasteiger partial charge on any atom is 0.269 e. The van der Waals surface area contributed by atoms with Crippen LogP contribution in [0.2, 0.25) is 0 Å². The first-order valence-electron chi connectivity index (χ1n) is 5.45. The van der Waals surface area contributed by atoms with Gasteiger partial charge in [0.1, 0.15) is 6.04 Å². The Labute approximate surface area is 107 Å². The Balaban J connectivity index is 2.29. The highest BCUT2D eigenvalue weighted by atomic mass is 16.6. The predicted octanol–water partition coefficient (Wildman–Crippen LogP) is 0.548. The monoisotopic (exact) mass is 265 g/mol. The van der Waals surface area contributed by atoms with Crippen LogP contribution < -0.4 is 4.90 Å². The van der Waals surface area contributed by atoms with Gasteiger partial charge >= 0.3 is 0 Å². The standard InChI is InChI=1S/C11H11N3O5/c1-12(17)9-6-10(15)13(11(9)16)7-2-4-8(5-3-7)14(18)19/h2-5,9,17H,6H2,1H3. The van der Waals surface area contributed by atoms with Gasteiger partial charge < -0.3 is 5.21 Å². The van der Waals surface area contributed by atoms with E-state index in [9.17, 15) is 24.9 Å². The zero-order valence-electron chi connectivity index (χ0n) is 10.0. The molecule has 1 aliphatic heterocycles. The number of amides is 2. The molecule has 8 heteroatoms. The molecular weight excluding hydrogens is 254 g/mol. The lowest BCUT2D eigenvalue weighted by atomic mass is 10.2. The van der Waals surface area contributed by atoms with Gasteiger partial charge in [-0.1, -0.05) is 0 Å². The number of hydrogen-bond acceptors (Lipinski definition) is 6. The topological polar surface area (TPSA) is 104 Å². The van der Waals surface area contributed by atoms with Crippen LogP contribution in [-0.4, -0.2) is 40.1 Å². The van der Waals surface area contributed by atoms with Crippen LogP contribution in [0.4, 0.5) is 11.4 Å². The first kappa shape index (κ1) is 13.1. The number of nitro groups is 1. The summed E-state index contributed by atoms with van der Waals surface area (Å²) in [4.78, 5) is 34.6. The maximum absolute atomic E-state index is 11.9. The van der Waals surface area contributed by atoms with Crippen molar-refractivity contribution < 1.29 is 19.7 Å². The number of rotatable bonds is 3. The van der Waals surface area contributed by atoms with Gasteiger partial charge in [-0.2, -0.15) is 5.06 Å². The molecule has 1 fully saturated rings. The molecule has 1 atom stereocenters. The molecule has 0 aliphatic carbocycles. The molecule has 1 aromatic carbocycles. The number of carbonyl (C=O) groups is 2. The third-order valence-corrected chi connectivity index (χ3v) is 2.89. The van der Waals surface area contributed by atoms with Crippen LogP contribution in [0.1, 0.15) is 6.42 Å². The molecule has 1 aliphatic rings. The van der Waals surface area contributed by atoms with Gasteiger partial charge in [0.25, 0.3) is 11.6 Å². The summed E-state index contributed by atoms with van der Waals surface area (Å²) in [6.45, 7) is 0. The minimum atomic E-state index is -0.914. The predicted molar refractivity (Wildman–Crippen MR) is 63.5 cm³/mol. The highest BCUT2D eigenvalue weighted by molar-refractivity contribution is 6.22. The van der Waals surface area contributed by atoms with Crippen molar-refractivity contribution in [3.63, 3.8) is 0 Å². The van der Waals surface area contributed by atoms with Crippen molar-refractivity contribution in [2.75, 3.05) is 11.9 Å². The average molecular weight is 265 g/mol. The molecule has 100 valence electrons. The van der Waals surface area contributed by atoms with E-state index >= 15 is 0 Å². The second kappa shape index (κ2) is 4.75. The van der Waals surface area contributed by atoms with Crippen molar-refractivity contribution in [1.82, 2.24) is 5.06 Å². The zero-order valence-corrected chi connectivity index (χ0v) is 10.0. The second-order valence-electron chi connectivity index (χ2n) is 4.13. The Morgan fingerprint density at radius 3 is 2.37 bits per heavy atom. The number of nitrogens with zero attached hydrogens (tertiary/aromatic N) is 3.